The first-order chi connectivity index (χ1) is 7.72. The van der Waals surface area contributed by atoms with E-state index in [0.717, 1.165) is 0 Å². The minimum absolute atomic E-state index is 0.253. The maximum atomic E-state index is 11.8. The van der Waals surface area contributed by atoms with Crippen molar-refractivity contribution in [2.45, 2.75) is 39.3 Å². The summed E-state index contributed by atoms with van der Waals surface area (Å²) >= 11 is 0. The van der Waals surface area contributed by atoms with Crippen LogP contribution >= 0.6 is 0 Å². The zero-order valence-corrected chi connectivity index (χ0v) is 10.1. The molecule has 1 heterocycles. The predicted molar refractivity (Wildman–Crippen MR) is 63.0 cm³/mol. The Morgan fingerprint density at radius 3 is 2.59 bits per heavy atom. The molecule has 0 radical (unpaired) electrons. The summed E-state index contributed by atoms with van der Waals surface area (Å²) in [4.78, 5) is 21.9. The quantitative estimate of drug-likeness (QED) is 0.633. The first kappa shape index (κ1) is 13.4. The van der Waals surface area contributed by atoms with Gasteiger partial charge in [-0.2, -0.15) is 0 Å². The van der Waals surface area contributed by atoms with E-state index in [1.807, 2.05) is 0 Å². The summed E-state index contributed by atoms with van der Waals surface area (Å²) < 4.78 is 1.25. The first-order valence-corrected chi connectivity index (χ1v) is 5.29. The summed E-state index contributed by atoms with van der Waals surface area (Å²) in [6, 6.07) is 1.53. The molecule has 0 fully saturated rings. The Kier molecular flexibility index (Phi) is 3.67. The number of aliphatic hydroxyl groups is 1. The van der Waals surface area contributed by atoms with Crippen molar-refractivity contribution in [1.82, 2.24) is 4.57 Å². The zero-order valence-electron chi connectivity index (χ0n) is 10.1. The van der Waals surface area contributed by atoms with E-state index in [-0.39, 0.29) is 6.54 Å². The van der Waals surface area contributed by atoms with Gasteiger partial charge in [0.15, 0.2) is 0 Å². The van der Waals surface area contributed by atoms with Gasteiger partial charge in [-0.3, -0.25) is 14.9 Å². The van der Waals surface area contributed by atoms with E-state index in [1.165, 1.54) is 23.8 Å². The number of aromatic nitrogens is 1. The van der Waals surface area contributed by atoms with E-state index in [1.54, 1.807) is 13.8 Å². The van der Waals surface area contributed by atoms with Crippen molar-refractivity contribution in [2.24, 2.45) is 0 Å². The minimum Gasteiger partial charge on any atom is -0.390 e. The Labute approximate surface area is 98.7 Å². The highest BCUT2D eigenvalue weighted by Crippen LogP contribution is 2.12. The summed E-state index contributed by atoms with van der Waals surface area (Å²) in [7, 11) is 0. The molecule has 1 aromatic heterocycles. The third-order valence-electron chi connectivity index (χ3n) is 2.49. The molecule has 94 valence electrons. The second kappa shape index (κ2) is 4.67. The van der Waals surface area contributed by atoms with Crippen molar-refractivity contribution in [3.63, 3.8) is 0 Å². The van der Waals surface area contributed by atoms with Crippen LogP contribution in [0.1, 0.15) is 25.8 Å². The molecular formula is C11H16N2O4. The van der Waals surface area contributed by atoms with E-state index >= 15 is 0 Å². The van der Waals surface area contributed by atoms with E-state index in [9.17, 15) is 20.0 Å². The van der Waals surface area contributed by atoms with Gasteiger partial charge in [0.1, 0.15) is 0 Å². The van der Waals surface area contributed by atoms with Crippen LogP contribution in [0.15, 0.2) is 17.1 Å². The summed E-state index contributed by atoms with van der Waals surface area (Å²) in [6.07, 6.45) is 1.86. The van der Waals surface area contributed by atoms with Crippen LogP contribution < -0.4 is 5.56 Å². The lowest BCUT2D eigenvalue weighted by Gasteiger charge is -2.17. The normalized spacial score (nSPS) is 11.5. The molecule has 0 bridgehead atoms. The van der Waals surface area contributed by atoms with Gasteiger partial charge in [0.2, 0.25) is 0 Å². The fourth-order valence-corrected chi connectivity index (χ4v) is 1.45. The molecule has 1 N–H and O–H groups in total. The third kappa shape index (κ3) is 3.39. The Hall–Kier alpha value is -1.69. The molecule has 0 amide bonds. The van der Waals surface area contributed by atoms with Crippen LogP contribution in [0.25, 0.3) is 0 Å². The molecule has 17 heavy (non-hydrogen) atoms. The van der Waals surface area contributed by atoms with Crippen LogP contribution in [-0.2, 0) is 6.54 Å². The lowest BCUT2D eigenvalue weighted by Crippen LogP contribution is -2.27. The number of nitro groups is 1. The SMILES string of the molecule is Cc1ccn(CCC(C)(C)O)c(=O)c1[N+](=O)[O-]. The fraction of sp³-hybridized carbons (Fsp3) is 0.545. The van der Waals surface area contributed by atoms with Crippen molar-refractivity contribution < 1.29 is 10.0 Å². The Bertz CT molecular complexity index is 485. The zero-order chi connectivity index (χ0) is 13.2. The molecule has 0 atom stereocenters. The van der Waals surface area contributed by atoms with Gasteiger partial charge in [-0.15, -0.1) is 0 Å². The number of nitrogens with zero attached hydrogens (tertiary/aromatic N) is 2. The molecule has 6 nitrogen and oxygen atoms in total. The maximum Gasteiger partial charge on any atom is 0.336 e. The Morgan fingerprint density at radius 2 is 2.12 bits per heavy atom. The third-order valence-corrected chi connectivity index (χ3v) is 2.49. The van der Waals surface area contributed by atoms with Crippen LogP contribution in [0, 0.1) is 17.0 Å². The summed E-state index contributed by atoms with van der Waals surface area (Å²) in [5.41, 5.74) is -1.58. The number of hydrogen-bond acceptors (Lipinski definition) is 4. The Morgan fingerprint density at radius 1 is 1.53 bits per heavy atom. The van der Waals surface area contributed by atoms with Crippen molar-refractivity contribution in [1.29, 1.82) is 0 Å². The van der Waals surface area contributed by atoms with Gasteiger partial charge in [0, 0.05) is 18.3 Å². The number of pyridine rings is 1. The molecule has 1 rings (SSSR count). The fourth-order valence-electron chi connectivity index (χ4n) is 1.45. The number of hydrogen-bond donors (Lipinski definition) is 1. The van der Waals surface area contributed by atoms with Gasteiger partial charge in [0.05, 0.1) is 10.5 Å². The van der Waals surface area contributed by atoms with Crippen LogP contribution in [0.5, 0.6) is 0 Å². The highest BCUT2D eigenvalue weighted by Gasteiger charge is 2.19. The smallest absolute Gasteiger partial charge is 0.336 e. The first-order valence-electron chi connectivity index (χ1n) is 5.29. The summed E-state index contributed by atoms with van der Waals surface area (Å²) in [6.45, 7) is 5.03. The monoisotopic (exact) mass is 240 g/mol. The topological polar surface area (TPSA) is 85.4 Å². The van der Waals surface area contributed by atoms with Gasteiger partial charge in [-0.05, 0) is 33.3 Å². The van der Waals surface area contributed by atoms with Gasteiger partial charge in [-0.25, -0.2) is 0 Å². The largest absolute Gasteiger partial charge is 0.390 e. The van der Waals surface area contributed by atoms with Crippen molar-refractivity contribution >= 4 is 5.69 Å². The van der Waals surface area contributed by atoms with Gasteiger partial charge >= 0.3 is 11.2 Å². The van der Waals surface area contributed by atoms with Gasteiger partial charge < -0.3 is 9.67 Å². The van der Waals surface area contributed by atoms with Crippen molar-refractivity contribution in [2.75, 3.05) is 0 Å². The molecule has 1 aromatic rings. The minimum atomic E-state index is -0.904. The average Bonchev–Trinajstić information content (AvgIpc) is 2.14. The average molecular weight is 240 g/mol. The summed E-state index contributed by atoms with van der Waals surface area (Å²) in [5, 5.41) is 20.3. The van der Waals surface area contributed by atoms with Crippen LogP contribution in [-0.4, -0.2) is 20.2 Å². The number of rotatable bonds is 4. The van der Waals surface area contributed by atoms with Crippen molar-refractivity contribution in [3.05, 3.63) is 38.3 Å². The van der Waals surface area contributed by atoms with E-state index in [2.05, 4.69) is 0 Å². The molecule has 0 aromatic carbocycles. The van der Waals surface area contributed by atoms with E-state index < -0.39 is 21.8 Å². The molecule has 0 aliphatic rings. The maximum absolute atomic E-state index is 11.8. The van der Waals surface area contributed by atoms with Crippen molar-refractivity contribution in [3.8, 4) is 0 Å². The lowest BCUT2D eigenvalue weighted by atomic mass is 10.1. The van der Waals surface area contributed by atoms with Gasteiger partial charge in [0.25, 0.3) is 0 Å². The highest BCUT2D eigenvalue weighted by molar-refractivity contribution is 5.35. The van der Waals surface area contributed by atoms with E-state index in [4.69, 9.17) is 0 Å². The lowest BCUT2D eigenvalue weighted by molar-refractivity contribution is -0.387. The second-order valence-corrected chi connectivity index (χ2v) is 4.67. The molecule has 6 heteroatoms. The van der Waals surface area contributed by atoms with Crippen LogP contribution in [0.4, 0.5) is 5.69 Å². The molecule has 0 aliphatic carbocycles. The highest BCUT2D eigenvalue weighted by atomic mass is 16.6. The molecule has 0 saturated heterocycles. The molecular weight excluding hydrogens is 224 g/mol. The van der Waals surface area contributed by atoms with E-state index in [0.29, 0.717) is 12.0 Å². The van der Waals surface area contributed by atoms with Gasteiger partial charge in [-0.1, -0.05) is 0 Å². The standard InChI is InChI=1S/C11H16N2O4/c1-8-4-6-12(7-5-11(2,3)15)10(14)9(8)13(16)17/h4,6,15H,5,7H2,1-3H3. The molecule has 0 spiro atoms. The molecule has 0 saturated carbocycles. The molecule has 0 aliphatic heterocycles. The number of aryl methyl sites for hydroxylation is 2. The Balaban J connectivity index is 3.08. The van der Waals surface area contributed by atoms with Crippen LogP contribution in [0.3, 0.4) is 0 Å². The summed E-state index contributed by atoms with van der Waals surface area (Å²) in [5.74, 6) is 0. The molecule has 0 unspecified atom stereocenters. The second-order valence-electron chi connectivity index (χ2n) is 4.67. The van der Waals surface area contributed by atoms with Crippen LogP contribution in [0.2, 0.25) is 0 Å². The predicted octanol–water partition coefficient (Wildman–Crippen LogP) is 1.23.